The van der Waals surface area contributed by atoms with Crippen molar-refractivity contribution in [2.24, 2.45) is 5.14 Å². The molecule has 0 saturated heterocycles. The topological polar surface area (TPSA) is 145 Å². The highest BCUT2D eigenvalue weighted by Crippen LogP contribution is 2.21. The maximum absolute atomic E-state index is 12.3. The average molecular weight is 488 g/mol. The molecule has 0 spiro atoms. The zero-order chi connectivity index (χ0) is 24.9. The molecule has 1 heterocycles. The summed E-state index contributed by atoms with van der Waals surface area (Å²) >= 11 is 0. The predicted octanol–water partition coefficient (Wildman–Crippen LogP) is 2.27. The number of carbonyl (C=O) groups excluding carboxylic acids is 2. The van der Waals surface area contributed by atoms with Crippen LogP contribution in [0.5, 0.6) is 5.75 Å². The third-order valence-corrected chi connectivity index (χ3v) is 5.86. The zero-order valence-electron chi connectivity index (χ0n) is 19.4. The number of amides is 2. The van der Waals surface area contributed by atoms with Crippen molar-refractivity contribution in [2.75, 3.05) is 0 Å². The van der Waals surface area contributed by atoms with Crippen LogP contribution in [0.2, 0.25) is 0 Å². The minimum Gasteiger partial charge on any atom is -0.491 e. The molecule has 2 aromatic carbocycles. The monoisotopic (exact) mass is 487 g/mol. The molecule has 1 aromatic heterocycles. The Labute approximate surface area is 198 Å². The fourth-order valence-corrected chi connectivity index (χ4v) is 3.98. The summed E-state index contributed by atoms with van der Waals surface area (Å²) in [5.74, 6) is 0.471. The minimum atomic E-state index is -3.84. The number of benzene rings is 2. The van der Waals surface area contributed by atoms with Gasteiger partial charge in [-0.25, -0.2) is 18.5 Å². The highest BCUT2D eigenvalue weighted by molar-refractivity contribution is 7.89. The number of aromatic nitrogens is 2. The Morgan fingerprint density at radius 3 is 2.44 bits per heavy atom. The van der Waals surface area contributed by atoms with Gasteiger partial charge in [0.25, 0.3) is 5.91 Å². The molecule has 0 aliphatic carbocycles. The Hall–Kier alpha value is -3.44. The van der Waals surface area contributed by atoms with E-state index in [4.69, 9.17) is 9.88 Å². The second kappa shape index (κ2) is 10.7. The summed E-state index contributed by atoms with van der Waals surface area (Å²) in [6, 6.07) is 11.1. The third kappa shape index (κ3) is 6.33. The summed E-state index contributed by atoms with van der Waals surface area (Å²) in [6.07, 6.45) is 1.25. The molecule has 0 atom stereocenters. The molecule has 0 radical (unpaired) electrons. The van der Waals surface area contributed by atoms with E-state index in [1.807, 2.05) is 25.3 Å². The molecule has 0 bridgehead atoms. The molecule has 0 aliphatic heterocycles. The van der Waals surface area contributed by atoms with Crippen molar-refractivity contribution < 1.29 is 22.7 Å². The number of carbonyl (C=O) groups is 2. The molecule has 0 saturated carbocycles. The Morgan fingerprint density at radius 2 is 1.82 bits per heavy atom. The zero-order valence-corrected chi connectivity index (χ0v) is 20.2. The Balaban J connectivity index is 1.62. The number of nitrogens with zero attached hydrogens (tertiary/aromatic N) is 2. The first-order valence-corrected chi connectivity index (χ1v) is 12.5. The molecule has 3 rings (SSSR count). The van der Waals surface area contributed by atoms with E-state index >= 15 is 0 Å². The quantitative estimate of drug-likeness (QED) is 0.395. The summed E-state index contributed by atoms with van der Waals surface area (Å²) in [5, 5.41) is 5.22. The Kier molecular flexibility index (Phi) is 7.90. The van der Waals surface area contributed by atoms with Gasteiger partial charge in [-0.1, -0.05) is 6.92 Å². The van der Waals surface area contributed by atoms with Crippen molar-refractivity contribution in [2.45, 2.75) is 57.6 Å². The number of primary sulfonamides is 1. The van der Waals surface area contributed by atoms with Gasteiger partial charge in [0, 0.05) is 24.9 Å². The van der Waals surface area contributed by atoms with Gasteiger partial charge in [0.15, 0.2) is 0 Å². The molecule has 182 valence electrons. The number of hydrazine groups is 1. The second-order valence-electron chi connectivity index (χ2n) is 8.07. The molecular formula is C23H29N5O5S. The van der Waals surface area contributed by atoms with Crippen LogP contribution < -0.4 is 20.7 Å². The molecule has 0 unspecified atom stereocenters. The van der Waals surface area contributed by atoms with Gasteiger partial charge in [0.1, 0.15) is 11.6 Å². The van der Waals surface area contributed by atoms with Crippen molar-refractivity contribution >= 4 is 32.9 Å². The van der Waals surface area contributed by atoms with E-state index in [0.29, 0.717) is 35.6 Å². The van der Waals surface area contributed by atoms with Crippen LogP contribution in [0.15, 0.2) is 47.4 Å². The van der Waals surface area contributed by atoms with Gasteiger partial charge in [0.2, 0.25) is 15.9 Å². The van der Waals surface area contributed by atoms with Crippen LogP contribution in [-0.2, 0) is 27.8 Å². The van der Waals surface area contributed by atoms with E-state index in [-0.39, 0.29) is 23.3 Å². The summed E-state index contributed by atoms with van der Waals surface area (Å²) in [7, 11) is -3.84. The van der Waals surface area contributed by atoms with Crippen LogP contribution in [0.25, 0.3) is 11.0 Å². The van der Waals surface area contributed by atoms with Crippen LogP contribution in [0.1, 0.15) is 49.8 Å². The lowest BCUT2D eigenvalue weighted by atomic mass is 10.2. The predicted molar refractivity (Wildman–Crippen MR) is 128 cm³/mol. The Morgan fingerprint density at radius 1 is 1.12 bits per heavy atom. The van der Waals surface area contributed by atoms with Gasteiger partial charge in [-0.3, -0.25) is 20.4 Å². The lowest BCUT2D eigenvalue weighted by Crippen LogP contribution is -2.41. The number of aryl methyl sites for hydroxylation is 2. The summed E-state index contributed by atoms with van der Waals surface area (Å²) < 4.78 is 30.8. The fourth-order valence-electron chi connectivity index (χ4n) is 3.44. The standard InChI is InChI=1S/C23H29N5O5S/c1-4-13-28-20-10-9-18(34(24,31)32)14-19(20)25-21(28)11-12-22(29)26-27-23(30)16-5-7-17(8-6-16)33-15(2)3/h5-10,14-15H,4,11-13H2,1-3H3,(H,26,29)(H,27,30)(H2,24,31,32). The van der Waals surface area contributed by atoms with E-state index in [9.17, 15) is 18.0 Å². The number of rotatable bonds is 9. The molecule has 11 heteroatoms. The minimum absolute atomic E-state index is 0.0167. The highest BCUT2D eigenvalue weighted by atomic mass is 32.2. The number of nitrogens with two attached hydrogens (primary N) is 1. The van der Waals surface area contributed by atoms with Crippen LogP contribution in [0, 0.1) is 0 Å². The van der Waals surface area contributed by atoms with Gasteiger partial charge in [-0.15, -0.1) is 0 Å². The lowest BCUT2D eigenvalue weighted by molar-refractivity contribution is -0.121. The Bertz CT molecular complexity index is 1280. The number of hydrogen-bond acceptors (Lipinski definition) is 6. The largest absolute Gasteiger partial charge is 0.491 e. The number of sulfonamides is 1. The van der Waals surface area contributed by atoms with Gasteiger partial charge in [-0.05, 0) is 62.7 Å². The number of ether oxygens (including phenoxy) is 1. The van der Waals surface area contributed by atoms with E-state index in [1.54, 1.807) is 30.3 Å². The first-order valence-electron chi connectivity index (χ1n) is 11.0. The molecular weight excluding hydrogens is 458 g/mol. The normalized spacial score (nSPS) is 11.6. The van der Waals surface area contributed by atoms with E-state index in [2.05, 4.69) is 15.8 Å². The molecule has 0 aliphatic rings. The molecule has 34 heavy (non-hydrogen) atoms. The average Bonchev–Trinajstić information content (AvgIpc) is 3.12. The molecule has 3 aromatic rings. The van der Waals surface area contributed by atoms with Crippen LogP contribution in [0.4, 0.5) is 0 Å². The van der Waals surface area contributed by atoms with Gasteiger partial charge >= 0.3 is 0 Å². The SMILES string of the molecule is CCCn1c(CCC(=O)NNC(=O)c2ccc(OC(C)C)cc2)nc2cc(S(N)(=O)=O)ccc21. The van der Waals surface area contributed by atoms with Crippen molar-refractivity contribution in [1.82, 2.24) is 20.4 Å². The molecule has 4 N–H and O–H groups in total. The smallest absolute Gasteiger partial charge is 0.269 e. The van der Waals surface area contributed by atoms with Crippen molar-refractivity contribution in [3.8, 4) is 5.75 Å². The molecule has 2 amide bonds. The third-order valence-electron chi connectivity index (χ3n) is 4.95. The van der Waals surface area contributed by atoms with Crippen molar-refractivity contribution in [3.63, 3.8) is 0 Å². The van der Waals surface area contributed by atoms with E-state index < -0.39 is 15.9 Å². The van der Waals surface area contributed by atoms with E-state index in [0.717, 1.165) is 11.9 Å². The number of nitrogens with one attached hydrogen (secondary N) is 2. The molecule has 10 nitrogen and oxygen atoms in total. The van der Waals surface area contributed by atoms with Crippen LogP contribution >= 0.6 is 0 Å². The maximum Gasteiger partial charge on any atom is 0.269 e. The summed E-state index contributed by atoms with van der Waals surface area (Å²) in [6.45, 7) is 6.50. The highest BCUT2D eigenvalue weighted by Gasteiger charge is 2.16. The van der Waals surface area contributed by atoms with Gasteiger partial charge in [0.05, 0.1) is 22.0 Å². The van der Waals surface area contributed by atoms with Crippen LogP contribution in [0.3, 0.4) is 0 Å². The lowest BCUT2D eigenvalue weighted by Gasteiger charge is -2.11. The van der Waals surface area contributed by atoms with Crippen molar-refractivity contribution in [3.05, 3.63) is 53.9 Å². The van der Waals surface area contributed by atoms with Crippen molar-refractivity contribution in [1.29, 1.82) is 0 Å². The second-order valence-corrected chi connectivity index (χ2v) is 9.63. The summed E-state index contributed by atoms with van der Waals surface area (Å²) in [4.78, 5) is 29.1. The maximum atomic E-state index is 12.3. The fraction of sp³-hybridized carbons (Fsp3) is 0.348. The molecule has 0 fully saturated rings. The number of hydrogen-bond donors (Lipinski definition) is 3. The first kappa shape index (κ1) is 25.2. The first-order chi connectivity index (χ1) is 16.1. The van der Waals surface area contributed by atoms with Crippen LogP contribution in [-0.4, -0.2) is 35.9 Å². The summed E-state index contributed by atoms with van der Waals surface area (Å²) in [5.41, 5.74) is 6.45. The number of imidazole rings is 1. The number of fused-ring (bicyclic) bond motifs is 1. The van der Waals surface area contributed by atoms with Gasteiger partial charge in [-0.2, -0.15) is 0 Å². The van der Waals surface area contributed by atoms with E-state index in [1.165, 1.54) is 12.1 Å². The van der Waals surface area contributed by atoms with Gasteiger partial charge < -0.3 is 9.30 Å².